The molecule has 0 aliphatic carbocycles. The van der Waals surface area contributed by atoms with E-state index < -0.39 is 0 Å². The summed E-state index contributed by atoms with van der Waals surface area (Å²) in [5.74, 6) is 0.331. The molecule has 0 N–H and O–H groups in total. The first-order valence-electron chi connectivity index (χ1n) is 8.90. The highest BCUT2D eigenvalue weighted by molar-refractivity contribution is 5.84. The van der Waals surface area contributed by atoms with Crippen molar-refractivity contribution in [3.8, 4) is 0 Å². The molecule has 2 fully saturated rings. The minimum absolute atomic E-state index is 0.0753. The predicted octanol–water partition coefficient (Wildman–Crippen LogP) is 3.61. The number of amides is 1. The van der Waals surface area contributed by atoms with Crippen LogP contribution in [0, 0.1) is 0 Å². The highest BCUT2D eigenvalue weighted by Crippen LogP contribution is 2.30. The third-order valence-corrected chi connectivity index (χ3v) is 5.24. The van der Waals surface area contributed by atoms with Gasteiger partial charge >= 0.3 is 0 Å². The van der Waals surface area contributed by atoms with Gasteiger partial charge in [0, 0.05) is 12.6 Å². The molecule has 0 unspecified atom stereocenters. The van der Waals surface area contributed by atoms with Gasteiger partial charge in [0.05, 0.1) is 0 Å². The average molecular weight is 300 g/mol. The minimum Gasteiger partial charge on any atom is -0.338 e. The van der Waals surface area contributed by atoms with E-state index in [0.29, 0.717) is 11.9 Å². The molecule has 1 aromatic carbocycles. The average Bonchev–Trinajstić information content (AvgIpc) is 3.06. The van der Waals surface area contributed by atoms with Crippen LogP contribution in [0.3, 0.4) is 0 Å². The van der Waals surface area contributed by atoms with Crippen molar-refractivity contribution in [2.45, 2.75) is 57.5 Å². The second-order valence-electron chi connectivity index (χ2n) is 6.65. The molecule has 2 atom stereocenters. The summed E-state index contributed by atoms with van der Waals surface area (Å²) in [7, 11) is 0. The summed E-state index contributed by atoms with van der Waals surface area (Å²) in [5, 5.41) is 0. The van der Waals surface area contributed by atoms with E-state index in [-0.39, 0.29) is 6.04 Å². The number of nitrogens with zero attached hydrogens (tertiary/aromatic N) is 2. The quantitative estimate of drug-likeness (QED) is 0.848. The van der Waals surface area contributed by atoms with E-state index >= 15 is 0 Å². The zero-order chi connectivity index (χ0) is 15.4. The Balaban J connectivity index is 1.85. The highest BCUT2D eigenvalue weighted by atomic mass is 16.2. The molecule has 0 radical (unpaired) electrons. The number of hydrogen-bond acceptors (Lipinski definition) is 2. The second-order valence-corrected chi connectivity index (χ2v) is 6.65. The van der Waals surface area contributed by atoms with Crippen molar-refractivity contribution in [1.82, 2.24) is 9.80 Å². The molecule has 2 aliphatic heterocycles. The van der Waals surface area contributed by atoms with Gasteiger partial charge in [-0.15, -0.1) is 0 Å². The van der Waals surface area contributed by atoms with Gasteiger partial charge in [-0.2, -0.15) is 0 Å². The monoisotopic (exact) mass is 300 g/mol. The lowest BCUT2D eigenvalue weighted by Gasteiger charge is -2.37. The van der Waals surface area contributed by atoms with E-state index in [1.165, 1.54) is 25.7 Å². The first-order chi connectivity index (χ1) is 10.8. The van der Waals surface area contributed by atoms with Crippen LogP contribution in [-0.2, 0) is 4.79 Å². The van der Waals surface area contributed by atoms with Crippen LogP contribution >= 0.6 is 0 Å². The van der Waals surface area contributed by atoms with E-state index in [9.17, 15) is 4.79 Å². The Morgan fingerprint density at radius 1 is 1.09 bits per heavy atom. The van der Waals surface area contributed by atoms with Crippen LogP contribution in [0.15, 0.2) is 30.3 Å². The van der Waals surface area contributed by atoms with Crippen molar-refractivity contribution in [2.24, 2.45) is 0 Å². The van der Waals surface area contributed by atoms with Gasteiger partial charge in [-0.05, 0) is 50.8 Å². The molecule has 120 valence electrons. The maximum absolute atomic E-state index is 13.3. The van der Waals surface area contributed by atoms with Gasteiger partial charge < -0.3 is 4.90 Å². The summed E-state index contributed by atoms with van der Waals surface area (Å²) >= 11 is 0. The van der Waals surface area contributed by atoms with Gasteiger partial charge in [0.1, 0.15) is 6.04 Å². The lowest BCUT2D eigenvalue weighted by atomic mass is 10.00. The highest BCUT2D eigenvalue weighted by Gasteiger charge is 2.36. The Hall–Kier alpha value is -1.35. The van der Waals surface area contributed by atoms with Crippen LogP contribution in [0.5, 0.6) is 0 Å². The number of piperidine rings is 1. The second kappa shape index (κ2) is 7.28. The molecule has 2 heterocycles. The van der Waals surface area contributed by atoms with Crippen LogP contribution in [0.1, 0.15) is 57.1 Å². The fourth-order valence-electron chi connectivity index (χ4n) is 4.03. The summed E-state index contributed by atoms with van der Waals surface area (Å²) < 4.78 is 0. The Labute approximate surface area is 134 Å². The molecular weight excluding hydrogens is 272 g/mol. The van der Waals surface area contributed by atoms with Gasteiger partial charge in [-0.3, -0.25) is 9.69 Å². The van der Waals surface area contributed by atoms with Crippen LogP contribution in [0.2, 0.25) is 0 Å². The Morgan fingerprint density at radius 2 is 1.82 bits per heavy atom. The summed E-state index contributed by atoms with van der Waals surface area (Å²) in [6, 6.07) is 10.8. The normalized spacial score (nSPS) is 24.4. The first kappa shape index (κ1) is 15.5. The largest absolute Gasteiger partial charge is 0.338 e. The summed E-state index contributed by atoms with van der Waals surface area (Å²) in [6.45, 7) is 5.25. The minimum atomic E-state index is -0.0753. The van der Waals surface area contributed by atoms with Crippen molar-refractivity contribution in [3.05, 3.63) is 35.9 Å². The number of carbonyl (C=O) groups excluding carboxylic acids is 1. The van der Waals surface area contributed by atoms with Gasteiger partial charge in [-0.25, -0.2) is 0 Å². The molecule has 0 saturated carbocycles. The molecular formula is C19H28N2O. The number of likely N-dealkylation sites (tertiary alicyclic amines) is 2. The van der Waals surface area contributed by atoms with Crippen molar-refractivity contribution in [1.29, 1.82) is 0 Å². The van der Waals surface area contributed by atoms with Gasteiger partial charge in [0.15, 0.2) is 0 Å². The van der Waals surface area contributed by atoms with Gasteiger partial charge in [-0.1, -0.05) is 43.7 Å². The lowest BCUT2D eigenvalue weighted by Crippen LogP contribution is -2.46. The van der Waals surface area contributed by atoms with Crippen LogP contribution in [-0.4, -0.2) is 41.4 Å². The zero-order valence-corrected chi connectivity index (χ0v) is 13.7. The maximum Gasteiger partial charge on any atom is 0.244 e. The smallest absolute Gasteiger partial charge is 0.244 e. The lowest BCUT2D eigenvalue weighted by molar-refractivity contribution is -0.138. The molecule has 3 nitrogen and oxygen atoms in total. The molecule has 3 heteroatoms. The van der Waals surface area contributed by atoms with Crippen LogP contribution in [0.25, 0.3) is 0 Å². The van der Waals surface area contributed by atoms with Crippen LogP contribution < -0.4 is 0 Å². The SMILES string of the molecule is CC[C@@H]1CCCN1C(=O)[C@@H](c1ccccc1)N1CCCCC1. The van der Waals surface area contributed by atoms with Crippen molar-refractivity contribution in [2.75, 3.05) is 19.6 Å². The zero-order valence-electron chi connectivity index (χ0n) is 13.7. The number of rotatable bonds is 4. The third-order valence-electron chi connectivity index (χ3n) is 5.24. The van der Waals surface area contributed by atoms with E-state index in [2.05, 4.69) is 41.0 Å². The Bertz CT molecular complexity index is 481. The molecule has 1 aromatic rings. The Kier molecular flexibility index (Phi) is 5.14. The molecule has 2 aliphatic rings. The number of hydrogen-bond donors (Lipinski definition) is 0. The topological polar surface area (TPSA) is 23.6 Å². The van der Waals surface area contributed by atoms with Gasteiger partial charge in [0.25, 0.3) is 0 Å². The summed E-state index contributed by atoms with van der Waals surface area (Å²) in [5.41, 5.74) is 1.16. The molecule has 1 amide bonds. The molecule has 2 saturated heterocycles. The molecule has 0 bridgehead atoms. The summed E-state index contributed by atoms with van der Waals surface area (Å²) in [4.78, 5) is 17.9. The fourth-order valence-corrected chi connectivity index (χ4v) is 4.03. The van der Waals surface area contributed by atoms with Crippen molar-refractivity contribution < 1.29 is 4.79 Å². The number of benzene rings is 1. The molecule has 3 rings (SSSR count). The molecule has 22 heavy (non-hydrogen) atoms. The van der Waals surface area contributed by atoms with E-state index in [1.54, 1.807) is 0 Å². The predicted molar refractivity (Wildman–Crippen MR) is 89.6 cm³/mol. The first-order valence-corrected chi connectivity index (χ1v) is 8.90. The maximum atomic E-state index is 13.3. The van der Waals surface area contributed by atoms with Crippen molar-refractivity contribution >= 4 is 5.91 Å². The standard InChI is InChI=1S/C19H28N2O/c1-2-17-12-9-15-21(17)19(22)18(16-10-5-3-6-11-16)20-13-7-4-8-14-20/h3,5-6,10-11,17-18H,2,4,7-9,12-15H2,1H3/t17-,18-/m1/s1. The number of carbonyl (C=O) groups is 1. The molecule has 0 spiro atoms. The Morgan fingerprint density at radius 3 is 2.50 bits per heavy atom. The summed E-state index contributed by atoms with van der Waals surface area (Å²) in [6.07, 6.45) is 7.14. The fraction of sp³-hybridized carbons (Fsp3) is 0.632. The van der Waals surface area contributed by atoms with E-state index in [4.69, 9.17) is 0 Å². The molecule has 0 aromatic heterocycles. The van der Waals surface area contributed by atoms with E-state index in [0.717, 1.165) is 38.0 Å². The third kappa shape index (κ3) is 3.19. The van der Waals surface area contributed by atoms with Crippen molar-refractivity contribution in [3.63, 3.8) is 0 Å². The van der Waals surface area contributed by atoms with Crippen LogP contribution in [0.4, 0.5) is 0 Å². The van der Waals surface area contributed by atoms with Gasteiger partial charge in [0.2, 0.25) is 5.91 Å². The van der Waals surface area contributed by atoms with E-state index in [1.807, 2.05) is 6.07 Å².